The molecular formula is C14H17ClO3. The number of hydrogen-bond donors (Lipinski definition) is 0. The Morgan fingerprint density at radius 2 is 1.94 bits per heavy atom. The van der Waals surface area contributed by atoms with Crippen LogP contribution in [0.25, 0.3) is 5.57 Å². The Labute approximate surface area is 112 Å². The maximum absolute atomic E-state index is 11.8. The Kier molecular flexibility index (Phi) is 4.41. The van der Waals surface area contributed by atoms with Crippen molar-refractivity contribution in [1.82, 2.24) is 0 Å². The van der Waals surface area contributed by atoms with Crippen molar-refractivity contribution in [3.05, 3.63) is 35.4 Å². The van der Waals surface area contributed by atoms with Gasteiger partial charge >= 0.3 is 5.97 Å². The average Bonchev–Trinajstić information content (AvgIpc) is 2.26. The lowest BCUT2D eigenvalue weighted by Gasteiger charge is -2.20. The summed E-state index contributed by atoms with van der Waals surface area (Å²) in [5, 5.41) is 0.484. The molecule has 0 spiro atoms. The van der Waals surface area contributed by atoms with Gasteiger partial charge in [0, 0.05) is 0 Å². The van der Waals surface area contributed by atoms with E-state index >= 15 is 0 Å². The standard InChI is InChI=1S/C14H17ClO3/c1-9(13(16)18-14(2,3)4)10-6-7-11(15)12(8-10)17-5/h6-8H,1H2,2-5H3. The molecule has 4 heteroatoms. The molecule has 1 aromatic rings. The predicted octanol–water partition coefficient (Wildman–Crippen LogP) is 3.70. The van der Waals surface area contributed by atoms with Crippen molar-refractivity contribution in [2.45, 2.75) is 26.4 Å². The van der Waals surface area contributed by atoms with E-state index in [9.17, 15) is 4.79 Å². The van der Waals surface area contributed by atoms with E-state index in [1.807, 2.05) is 0 Å². The largest absolute Gasteiger partial charge is 0.495 e. The summed E-state index contributed by atoms with van der Waals surface area (Å²) in [5.74, 6) is 0.0470. The van der Waals surface area contributed by atoms with Crippen molar-refractivity contribution in [3.63, 3.8) is 0 Å². The molecule has 0 fully saturated rings. The highest BCUT2D eigenvalue weighted by Gasteiger charge is 2.20. The number of halogens is 1. The monoisotopic (exact) mass is 268 g/mol. The number of esters is 1. The van der Waals surface area contributed by atoms with E-state index in [2.05, 4.69) is 6.58 Å². The molecular weight excluding hydrogens is 252 g/mol. The lowest BCUT2D eigenvalue weighted by molar-refractivity contribution is -0.147. The number of carbonyl (C=O) groups excluding carboxylic acids is 1. The maximum Gasteiger partial charge on any atom is 0.338 e. The minimum atomic E-state index is -0.545. The fourth-order valence-corrected chi connectivity index (χ4v) is 1.50. The van der Waals surface area contributed by atoms with Gasteiger partial charge in [0.1, 0.15) is 11.4 Å². The molecule has 0 amide bonds. The lowest BCUT2D eigenvalue weighted by Crippen LogP contribution is -2.24. The summed E-state index contributed by atoms with van der Waals surface area (Å²) in [6.07, 6.45) is 0. The normalized spacial score (nSPS) is 10.9. The predicted molar refractivity (Wildman–Crippen MR) is 72.9 cm³/mol. The number of ether oxygens (including phenoxy) is 2. The van der Waals surface area contributed by atoms with Crippen LogP contribution in [-0.2, 0) is 9.53 Å². The summed E-state index contributed by atoms with van der Waals surface area (Å²) >= 11 is 5.92. The molecule has 1 rings (SSSR count). The molecule has 0 saturated heterocycles. The highest BCUT2D eigenvalue weighted by atomic mass is 35.5. The van der Waals surface area contributed by atoms with Crippen LogP contribution in [0.2, 0.25) is 5.02 Å². The molecule has 0 aliphatic carbocycles. The zero-order chi connectivity index (χ0) is 13.9. The van der Waals surface area contributed by atoms with Crippen molar-refractivity contribution < 1.29 is 14.3 Å². The lowest BCUT2D eigenvalue weighted by atomic mass is 10.1. The van der Waals surface area contributed by atoms with E-state index in [-0.39, 0.29) is 5.57 Å². The molecule has 0 heterocycles. The fraction of sp³-hybridized carbons (Fsp3) is 0.357. The van der Waals surface area contributed by atoms with Crippen molar-refractivity contribution in [3.8, 4) is 5.75 Å². The van der Waals surface area contributed by atoms with Gasteiger partial charge in [-0.05, 0) is 38.5 Å². The fourth-order valence-electron chi connectivity index (χ4n) is 1.31. The summed E-state index contributed by atoms with van der Waals surface area (Å²) < 4.78 is 10.3. The molecule has 0 aliphatic heterocycles. The van der Waals surface area contributed by atoms with Crippen LogP contribution < -0.4 is 4.74 Å². The maximum atomic E-state index is 11.8. The van der Waals surface area contributed by atoms with E-state index in [1.165, 1.54) is 7.11 Å². The number of methoxy groups -OCH3 is 1. The summed E-state index contributed by atoms with van der Waals surface area (Å²) in [7, 11) is 1.52. The second-order valence-electron chi connectivity index (χ2n) is 4.83. The number of benzene rings is 1. The van der Waals surface area contributed by atoms with E-state index in [4.69, 9.17) is 21.1 Å². The van der Waals surface area contributed by atoms with Crippen molar-refractivity contribution in [2.24, 2.45) is 0 Å². The Morgan fingerprint density at radius 1 is 1.33 bits per heavy atom. The third-order valence-corrected chi connectivity index (χ3v) is 2.46. The Morgan fingerprint density at radius 3 is 2.44 bits per heavy atom. The molecule has 3 nitrogen and oxygen atoms in total. The van der Waals surface area contributed by atoms with Gasteiger partial charge in [0.05, 0.1) is 17.7 Å². The highest BCUT2D eigenvalue weighted by Crippen LogP contribution is 2.28. The zero-order valence-corrected chi connectivity index (χ0v) is 11.8. The van der Waals surface area contributed by atoms with E-state index < -0.39 is 11.6 Å². The van der Waals surface area contributed by atoms with E-state index in [1.54, 1.807) is 39.0 Å². The summed E-state index contributed by atoms with van der Waals surface area (Å²) in [6.45, 7) is 9.16. The zero-order valence-electron chi connectivity index (χ0n) is 11.0. The molecule has 1 aromatic carbocycles. The van der Waals surface area contributed by atoms with E-state index in [0.29, 0.717) is 16.3 Å². The van der Waals surface area contributed by atoms with Gasteiger partial charge in [0.2, 0.25) is 0 Å². The third kappa shape index (κ3) is 3.77. The molecule has 98 valence electrons. The first-order valence-electron chi connectivity index (χ1n) is 5.51. The molecule has 0 saturated carbocycles. The first-order valence-corrected chi connectivity index (χ1v) is 5.88. The highest BCUT2D eigenvalue weighted by molar-refractivity contribution is 6.32. The first-order chi connectivity index (χ1) is 8.24. The Balaban J connectivity index is 2.94. The molecule has 0 aromatic heterocycles. The molecule has 0 radical (unpaired) electrons. The average molecular weight is 269 g/mol. The van der Waals surface area contributed by atoms with Crippen LogP contribution >= 0.6 is 11.6 Å². The van der Waals surface area contributed by atoms with Gasteiger partial charge in [0.15, 0.2) is 0 Å². The van der Waals surface area contributed by atoms with E-state index in [0.717, 1.165) is 0 Å². The van der Waals surface area contributed by atoms with Crippen LogP contribution in [0.3, 0.4) is 0 Å². The van der Waals surface area contributed by atoms with Crippen molar-refractivity contribution in [1.29, 1.82) is 0 Å². The van der Waals surface area contributed by atoms with Gasteiger partial charge in [-0.25, -0.2) is 4.79 Å². The van der Waals surface area contributed by atoms with Gasteiger partial charge in [-0.2, -0.15) is 0 Å². The van der Waals surface area contributed by atoms with Crippen molar-refractivity contribution in [2.75, 3.05) is 7.11 Å². The third-order valence-electron chi connectivity index (χ3n) is 2.14. The molecule has 0 atom stereocenters. The van der Waals surface area contributed by atoms with Crippen LogP contribution in [0.5, 0.6) is 5.75 Å². The molecule has 18 heavy (non-hydrogen) atoms. The quantitative estimate of drug-likeness (QED) is 0.619. The smallest absolute Gasteiger partial charge is 0.338 e. The van der Waals surface area contributed by atoms with Crippen molar-refractivity contribution >= 4 is 23.1 Å². The van der Waals surface area contributed by atoms with Gasteiger partial charge in [0.25, 0.3) is 0 Å². The molecule has 0 bridgehead atoms. The minimum absolute atomic E-state index is 0.278. The van der Waals surface area contributed by atoms with Gasteiger partial charge in [-0.1, -0.05) is 24.2 Å². The summed E-state index contributed by atoms with van der Waals surface area (Å²) in [5.41, 5.74) is 0.363. The summed E-state index contributed by atoms with van der Waals surface area (Å²) in [4.78, 5) is 11.8. The minimum Gasteiger partial charge on any atom is -0.495 e. The SMILES string of the molecule is C=C(C(=O)OC(C)(C)C)c1ccc(Cl)c(OC)c1. The molecule has 0 N–H and O–H groups in total. The second kappa shape index (κ2) is 5.44. The Bertz CT molecular complexity index is 472. The number of carbonyl (C=O) groups is 1. The Hall–Kier alpha value is -1.48. The first kappa shape index (κ1) is 14.6. The van der Waals surface area contributed by atoms with Gasteiger partial charge in [-0.3, -0.25) is 0 Å². The topological polar surface area (TPSA) is 35.5 Å². The number of hydrogen-bond acceptors (Lipinski definition) is 3. The van der Waals surface area contributed by atoms with Crippen LogP contribution in [0.4, 0.5) is 0 Å². The summed E-state index contributed by atoms with van der Waals surface area (Å²) in [6, 6.07) is 5.02. The molecule has 0 aliphatic rings. The van der Waals surface area contributed by atoms with Gasteiger partial charge < -0.3 is 9.47 Å². The van der Waals surface area contributed by atoms with Crippen LogP contribution in [0.15, 0.2) is 24.8 Å². The number of rotatable bonds is 3. The van der Waals surface area contributed by atoms with Gasteiger partial charge in [-0.15, -0.1) is 0 Å². The van der Waals surface area contributed by atoms with Crippen LogP contribution in [0.1, 0.15) is 26.3 Å². The molecule has 0 unspecified atom stereocenters. The van der Waals surface area contributed by atoms with Crippen LogP contribution in [0, 0.1) is 0 Å². The second-order valence-corrected chi connectivity index (χ2v) is 5.24. The van der Waals surface area contributed by atoms with Crippen LogP contribution in [-0.4, -0.2) is 18.7 Å².